The van der Waals surface area contributed by atoms with Crippen LogP contribution in [0.3, 0.4) is 0 Å². The van der Waals surface area contributed by atoms with Crippen molar-refractivity contribution < 1.29 is 22.3 Å². The second-order valence-corrected chi connectivity index (χ2v) is 11.9. The maximum Gasteiger partial charge on any atom is 0.254 e. The van der Waals surface area contributed by atoms with Crippen molar-refractivity contribution in [3.05, 3.63) is 82.5 Å². The molecule has 0 spiro atoms. The number of amides is 1. The third-order valence-electron chi connectivity index (χ3n) is 6.55. The van der Waals surface area contributed by atoms with Crippen LogP contribution in [-0.4, -0.2) is 43.6 Å². The lowest BCUT2D eigenvalue weighted by Gasteiger charge is -2.22. The number of hydrogen-bond donors (Lipinski definition) is 1. The van der Waals surface area contributed by atoms with Crippen molar-refractivity contribution in [2.24, 2.45) is 0 Å². The third kappa shape index (κ3) is 5.01. The van der Waals surface area contributed by atoms with E-state index in [1.165, 1.54) is 23.5 Å². The van der Waals surface area contributed by atoms with Gasteiger partial charge in [0, 0.05) is 40.4 Å². The maximum atomic E-state index is 15.1. The molecule has 2 N–H and O–H groups in total. The first kappa shape index (κ1) is 25.9. The highest BCUT2D eigenvalue weighted by molar-refractivity contribution is 7.90. The second-order valence-electron chi connectivity index (χ2n) is 9.08. The number of hydrogen-bond acceptors (Lipinski definition) is 7. The van der Waals surface area contributed by atoms with Crippen molar-refractivity contribution in [3.63, 3.8) is 0 Å². The average Bonchev–Trinajstić information content (AvgIpc) is 3.21. The van der Waals surface area contributed by atoms with Crippen LogP contribution in [0.25, 0.3) is 22.4 Å². The SMILES string of the molecule is CCc1c(C(=O)N2CCOc3ccc(-c4ccc(-c5csc(N)n5)cc4)cc3C2)ccc(S(C)(=O)=O)c1F. The molecule has 1 aliphatic rings. The van der Waals surface area contributed by atoms with E-state index >= 15 is 4.39 Å². The summed E-state index contributed by atoms with van der Waals surface area (Å²) < 4.78 is 44.9. The first-order valence-corrected chi connectivity index (χ1v) is 14.8. The molecule has 0 fully saturated rings. The molecule has 0 saturated carbocycles. The van der Waals surface area contributed by atoms with Crippen molar-refractivity contribution in [2.75, 3.05) is 25.1 Å². The van der Waals surface area contributed by atoms with E-state index in [-0.39, 0.29) is 36.6 Å². The monoisotopic (exact) mass is 551 g/mol. The average molecular weight is 552 g/mol. The van der Waals surface area contributed by atoms with Crippen LogP contribution in [0.15, 0.2) is 64.9 Å². The Balaban J connectivity index is 1.43. The van der Waals surface area contributed by atoms with Crippen LogP contribution in [0, 0.1) is 5.82 Å². The molecule has 0 aliphatic carbocycles. The lowest BCUT2D eigenvalue weighted by Crippen LogP contribution is -2.33. The van der Waals surface area contributed by atoms with Gasteiger partial charge in [-0.05, 0) is 41.8 Å². The van der Waals surface area contributed by atoms with Crippen LogP contribution in [0.5, 0.6) is 5.75 Å². The highest BCUT2D eigenvalue weighted by atomic mass is 32.2. The normalized spacial score (nSPS) is 13.5. The van der Waals surface area contributed by atoms with Gasteiger partial charge in [-0.2, -0.15) is 0 Å². The van der Waals surface area contributed by atoms with Crippen molar-refractivity contribution in [2.45, 2.75) is 24.8 Å². The van der Waals surface area contributed by atoms with Crippen LogP contribution in [0.2, 0.25) is 0 Å². The number of anilines is 1. The molecule has 1 amide bonds. The Labute approximate surface area is 224 Å². The first-order chi connectivity index (χ1) is 18.2. The Hall–Kier alpha value is -3.76. The van der Waals surface area contributed by atoms with E-state index < -0.39 is 20.5 Å². The van der Waals surface area contributed by atoms with Crippen LogP contribution in [-0.2, 0) is 22.8 Å². The highest BCUT2D eigenvalue weighted by Crippen LogP contribution is 2.32. The van der Waals surface area contributed by atoms with Gasteiger partial charge in [-0.1, -0.05) is 37.3 Å². The molecule has 10 heteroatoms. The van der Waals surface area contributed by atoms with Gasteiger partial charge >= 0.3 is 0 Å². The van der Waals surface area contributed by atoms with Gasteiger partial charge < -0.3 is 15.4 Å². The van der Waals surface area contributed by atoms with Crippen molar-refractivity contribution in [1.29, 1.82) is 0 Å². The van der Waals surface area contributed by atoms with Crippen LogP contribution < -0.4 is 10.5 Å². The minimum absolute atomic E-state index is 0.0963. The lowest BCUT2D eigenvalue weighted by atomic mass is 10.00. The number of halogens is 1. The highest BCUT2D eigenvalue weighted by Gasteiger charge is 2.27. The number of fused-ring (bicyclic) bond motifs is 1. The molecule has 0 atom stereocenters. The second kappa shape index (κ2) is 10.2. The molecule has 38 heavy (non-hydrogen) atoms. The fourth-order valence-electron chi connectivity index (χ4n) is 4.60. The smallest absolute Gasteiger partial charge is 0.254 e. The van der Waals surface area contributed by atoms with E-state index in [4.69, 9.17) is 10.5 Å². The summed E-state index contributed by atoms with van der Waals surface area (Å²) in [4.78, 5) is 19.1. The molecule has 0 bridgehead atoms. The van der Waals surface area contributed by atoms with Gasteiger partial charge in [0.05, 0.1) is 12.2 Å². The Morgan fingerprint density at radius 3 is 2.47 bits per heavy atom. The zero-order valence-corrected chi connectivity index (χ0v) is 22.5. The number of sulfone groups is 1. The molecule has 1 aliphatic heterocycles. The van der Waals surface area contributed by atoms with E-state index in [0.717, 1.165) is 34.2 Å². The number of nitrogen functional groups attached to an aromatic ring is 1. The predicted molar refractivity (Wildman–Crippen MR) is 147 cm³/mol. The summed E-state index contributed by atoms with van der Waals surface area (Å²) >= 11 is 1.40. The molecular formula is C28H26FN3O4S2. The minimum atomic E-state index is -3.76. The topological polar surface area (TPSA) is 103 Å². The maximum absolute atomic E-state index is 15.1. The number of benzene rings is 3. The van der Waals surface area contributed by atoms with Crippen LogP contribution in [0.1, 0.15) is 28.4 Å². The van der Waals surface area contributed by atoms with E-state index in [9.17, 15) is 13.2 Å². The zero-order chi connectivity index (χ0) is 27.0. The molecule has 7 nitrogen and oxygen atoms in total. The molecule has 0 radical (unpaired) electrons. The Kier molecular flexibility index (Phi) is 6.93. The number of nitrogens with zero attached hydrogens (tertiary/aromatic N) is 2. The molecule has 5 rings (SSSR count). The minimum Gasteiger partial charge on any atom is -0.491 e. The Morgan fingerprint density at radius 2 is 1.82 bits per heavy atom. The van der Waals surface area contributed by atoms with E-state index in [1.807, 2.05) is 47.8 Å². The molecular weight excluding hydrogens is 525 g/mol. The van der Waals surface area contributed by atoms with Gasteiger partial charge in [0.15, 0.2) is 15.0 Å². The number of carbonyl (C=O) groups is 1. The number of aromatic nitrogens is 1. The Morgan fingerprint density at radius 1 is 1.11 bits per heavy atom. The number of ether oxygens (including phenoxy) is 1. The molecule has 1 aromatic heterocycles. The fourth-order valence-corrected chi connectivity index (χ4v) is 5.94. The summed E-state index contributed by atoms with van der Waals surface area (Å²) in [5.74, 6) is -0.541. The van der Waals surface area contributed by atoms with Gasteiger partial charge in [0.2, 0.25) is 0 Å². The molecule has 3 aromatic carbocycles. The van der Waals surface area contributed by atoms with Crippen molar-refractivity contribution >= 4 is 32.2 Å². The molecule has 2 heterocycles. The predicted octanol–water partition coefficient (Wildman–Crippen LogP) is 5.20. The number of carbonyl (C=O) groups excluding carboxylic acids is 1. The molecule has 4 aromatic rings. The largest absolute Gasteiger partial charge is 0.491 e. The summed E-state index contributed by atoms with van der Waals surface area (Å²) in [7, 11) is -3.76. The van der Waals surface area contributed by atoms with E-state index in [2.05, 4.69) is 4.98 Å². The van der Waals surface area contributed by atoms with Crippen LogP contribution in [0.4, 0.5) is 9.52 Å². The standard InChI is InChI=1S/C28H26FN3O4S2/c1-3-21-22(9-11-25(26(21)29)38(2,34)35)27(33)32-12-13-36-24-10-8-19(14-20(24)15-32)17-4-6-18(7-5-17)23-16-37-28(30)31-23/h4-11,14,16H,3,12-13,15H2,1-2H3,(H2,30,31). The van der Waals surface area contributed by atoms with Gasteiger partial charge in [0.1, 0.15) is 23.1 Å². The summed E-state index contributed by atoms with van der Waals surface area (Å²) in [5.41, 5.74) is 10.6. The Bertz CT molecular complexity index is 1630. The summed E-state index contributed by atoms with van der Waals surface area (Å²) in [5, 5.41) is 2.44. The van der Waals surface area contributed by atoms with Crippen molar-refractivity contribution in [3.8, 4) is 28.1 Å². The summed E-state index contributed by atoms with van der Waals surface area (Å²) in [6, 6.07) is 16.4. The molecule has 0 unspecified atom stereocenters. The van der Waals surface area contributed by atoms with E-state index in [1.54, 1.807) is 11.8 Å². The van der Waals surface area contributed by atoms with Gasteiger partial charge in [-0.15, -0.1) is 11.3 Å². The third-order valence-corrected chi connectivity index (χ3v) is 8.34. The fraction of sp³-hybridized carbons (Fsp3) is 0.214. The summed E-state index contributed by atoms with van der Waals surface area (Å²) in [6.45, 7) is 2.57. The van der Waals surface area contributed by atoms with Crippen molar-refractivity contribution in [1.82, 2.24) is 9.88 Å². The zero-order valence-electron chi connectivity index (χ0n) is 20.9. The van der Waals surface area contributed by atoms with Gasteiger partial charge in [-0.25, -0.2) is 17.8 Å². The van der Waals surface area contributed by atoms with Crippen LogP contribution >= 0.6 is 11.3 Å². The van der Waals surface area contributed by atoms with Gasteiger partial charge in [-0.3, -0.25) is 4.79 Å². The molecule has 0 saturated heterocycles. The first-order valence-electron chi connectivity index (χ1n) is 12.0. The number of thiazole rings is 1. The number of nitrogens with two attached hydrogens (primary N) is 1. The molecule has 196 valence electrons. The lowest BCUT2D eigenvalue weighted by molar-refractivity contribution is 0.0731. The number of rotatable bonds is 5. The summed E-state index contributed by atoms with van der Waals surface area (Å²) in [6.07, 6.45) is 1.14. The van der Waals surface area contributed by atoms with Gasteiger partial charge in [0.25, 0.3) is 5.91 Å². The quantitative estimate of drug-likeness (QED) is 0.366. The van der Waals surface area contributed by atoms with E-state index in [0.29, 0.717) is 17.4 Å².